The number of azide groups is 1. The number of nitrogens with zero attached hydrogens (tertiary/aromatic N) is 5. The largest absolute Gasteiger partial charge is 0.457 e. The Morgan fingerprint density at radius 2 is 2.00 bits per heavy atom. The monoisotopic (exact) mass is 450 g/mol. The van der Waals surface area contributed by atoms with E-state index in [1.165, 1.54) is 25.2 Å². The first-order valence-electron chi connectivity index (χ1n) is 9.60. The Balaban J connectivity index is 2.23. The Hall–Kier alpha value is -2.98. The third-order valence-corrected chi connectivity index (χ3v) is 5.05. The number of aryl methyl sites for hydroxylation is 1. The Bertz CT molecular complexity index is 942. The number of ketones is 1. The standard InChI is InChI=1S/C19H26N6O5S/c1-10-22-13(9-31-10)15(24-30-19(5,6)17(28)29-18(2,3)4)14(26)7-11-12(8-21-25-20)23-16(11)27/h9,11-12H,7-8H2,1-6H3,(H,23,27)/b24-15-/t11-,12+/m0/s1. The van der Waals surface area contributed by atoms with Gasteiger partial charge < -0.3 is 14.9 Å². The number of ether oxygens (including phenoxy) is 1. The van der Waals surface area contributed by atoms with Crippen LogP contribution in [0.3, 0.4) is 0 Å². The highest BCUT2D eigenvalue weighted by Crippen LogP contribution is 2.23. The number of rotatable bonds is 9. The molecule has 31 heavy (non-hydrogen) atoms. The predicted molar refractivity (Wildman–Crippen MR) is 113 cm³/mol. The highest BCUT2D eigenvalue weighted by atomic mass is 32.1. The summed E-state index contributed by atoms with van der Waals surface area (Å²) in [6.07, 6.45) is -0.164. The minimum absolute atomic E-state index is 0.0463. The van der Waals surface area contributed by atoms with Gasteiger partial charge in [-0.05, 0) is 47.1 Å². The molecule has 1 saturated heterocycles. The Labute approximate surface area is 183 Å². The highest BCUT2D eigenvalue weighted by Gasteiger charge is 2.41. The Morgan fingerprint density at radius 1 is 1.32 bits per heavy atom. The molecule has 0 aromatic carbocycles. The molecule has 168 valence electrons. The smallest absolute Gasteiger partial charge is 0.353 e. The third-order valence-electron chi connectivity index (χ3n) is 4.28. The van der Waals surface area contributed by atoms with Crippen molar-refractivity contribution in [3.05, 3.63) is 26.5 Å². The molecule has 2 heterocycles. The van der Waals surface area contributed by atoms with Gasteiger partial charge in [0.25, 0.3) is 0 Å². The van der Waals surface area contributed by atoms with E-state index in [4.69, 9.17) is 15.1 Å². The molecule has 0 radical (unpaired) electrons. The minimum Gasteiger partial charge on any atom is -0.457 e. The first kappa shape index (κ1) is 24.3. The average Bonchev–Trinajstić information content (AvgIpc) is 3.07. The quantitative estimate of drug-likeness (QED) is 0.116. The average molecular weight is 451 g/mol. The molecule has 1 aliphatic rings. The number of amides is 1. The predicted octanol–water partition coefficient (Wildman–Crippen LogP) is 2.68. The summed E-state index contributed by atoms with van der Waals surface area (Å²) in [6.45, 7) is 9.97. The SMILES string of the molecule is Cc1nc(/C(=N/OC(C)(C)C(=O)OC(C)(C)C)C(=O)C[C@@H]2C(=O)N[C@@H]2CN=[N+]=[N-])cs1. The van der Waals surface area contributed by atoms with Gasteiger partial charge in [0.15, 0.2) is 11.5 Å². The fourth-order valence-corrected chi connectivity index (χ4v) is 3.21. The van der Waals surface area contributed by atoms with Crippen molar-refractivity contribution in [3.63, 3.8) is 0 Å². The van der Waals surface area contributed by atoms with Crippen molar-refractivity contribution in [1.82, 2.24) is 10.3 Å². The molecule has 0 unspecified atom stereocenters. The zero-order valence-electron chi connectivity index (χ0n) is 18.3. The fourth-order valence-electron chi connectivity index (χ4n) is 2.62. The lowest BCUT2D eigenvalue weighted by molar-refractivity contribution is -0.179. The van der Waals surface area contributed by atoms with Gasteiger partial charge in [-0.25, -0.2) is 9.78 Å². The van der Waals surface area contributed by atoms with Gasteiger partial charge in [-0.3, -0.25) is 9.59 Å². The van der Waals surface area contributed by atoms with E-state index in [9.17, 15) is 14.4 Å². The topological polar surface area (TPSA) is 156 Å². The summed E-state index contributed by atoms with van der Waals surface area (Å²) in [6, 6.07) is -0.426. The van der Waals surface area contributed by atoms with Crippen molar-refractivity contribution in [2.75, 3.05) is 6.54 Å². The fraction of sp³-hybridized carbons (Fsp3) is 0.632. The molecule has 1 aromatic rings. The lowest BCUT2D eigenvalue weighted by atomic mass is 9.85. The lowest BCUT2D eigenvalue weighted by Gasteiger charge is -2.35. The second kappa shape index (κ2) is 9.44. The molecule has 0 saturated carbocycles. The molecule has 2 atom stereocenters. The van der Waals surface area contributed by atoms with Crippen LogP contribution in [0.15, 0.2) is 15.7 Å². The summed E-state index contributed by atoms with van der Waals surface area (Å²) < 4.78 is 5.34. The molecular formula is C19H26N6O5S. The van der Waals surface area contributed by atoms with Gasteiger partial charge in [0.1, 0.15) is 11.3 Å². The number of Topliss-reactive ketones (excluding diaryl/α,β-unsaturated/α-hetero) is 1. The van der Waals surface area contributed by atoms with Gasteiger partial charge in [0, 0.05) is 29.3 Å². The van der Waals surface area contributed by atoms with E-state index in [1.54, 1.807) is 33.1 Å². The van der Waals surface area contributed by atoms with E-state index >= 15 is 0 Å². The van der Waals surface area contributed by atoms with Gasteiger partial charge >= 0.3 is 5.97 Å². The van der Waals surface area contributed by atoms with E-state index < -0.39 is 34.9 Å². The minimum atomic E-state index is -1.46. The van der Waals surface area contributed by atoms with Crippen LogP contribution in [0.25, 0.3) is 10.4 Å². The highest BCUT2D eigenvalue weighted by molar-refractivity contribution is 7.09. The molecule has 0 aliphatic carbocycles. The van der Waals surface area contributed by atoms with Gasteiger partial charge in [0.05, 0.1) is 10.9 Å². The lowest BCUT2D eigenvalue weighted by Crippen LogP contribution is -2.60. The number of carbonyl (C=O) groups is 3. The van der Waals surface area contributed by atoms with Crippen LogP contribution in [-0.2, 0) is 24.0 Å². The maximum absolute atomic E-state index is 13.0. The Kier molecular flexibility index (Phi) is 7.40. The maximum Gasteiger partial charge on any atom is 0.353 e. The molecule has 12 heteroatoms. The van der Waals surface area contributed by atoms with Crippen LogP contribution >= 0.6 is 11.3 Å². The van der Waals surface area contributed by atoms with E-state index in [0.717, 1.165) is 0 Å². The summed E-state index contributed by atoms with van der Waals surface area (Å²) in [5, 5.41) is 12.4. The summed E-state index contributed by atoms with van der Waals surface area (Å²) >= 11 is 1.32. The van der Waals surface area contributed by atoms with E-state index in [1.807, 2.05) is 0 Å². The maximum atomic E-state index is 13.0. The number of β-lactam (4-membered cyclic amide) rings is 1. The summed E-state index contributed by atoms with van der Waals surface area (Å²) in [7, 11) is 0. The molecule has 2 rings (SSSR count). The van der Waals surface area contributed by atoms with Gasteiger partial charge in [0.2, 0.25) is 11.5 Å². The van der Waals surface area contributed by atoms with Crippen LogP contribution < -0.4 is 5.32 Å². The number of nitrogens with one attached hydrogen (secondary N) is 1. The number of hydrogen-bond donors (Lipinski definition) is 1. The van der Waals surface area contributed by atoms with Crippen molar-refractivity contribution in [2.45, 2.75) is 65.2 Å². The number of hydrogen-bond acceptors (Lipinski definition) is 9. The molecule has 1 fully saturated rings. The zero-order valence-corrected chi connectivity index (χ0v) is 19.1. The number of aromatic nitrogens is 1. The van der Waals surface area contributed by atoms with Crippen molar-refractivity contribution < 1.29 is 24.0 Å². The molecule has 1 aliphatic heterocycles. The molecule has 1 aromatic heterocycles. The second-order valence-corrected chi connectivity index (χ2v) is 9.62. The molecule has 1 N–H and O–H groups in total. The van der Waals surface area contributed by atoms with Crippen molar-refractivity contribution in [3.8, 4) is 0 Å². The van der Waals surface area contributed by atoms with Crippen LogP contribution in [0.4, 0.5) is 0 Å². The molecule has 0 spiro atoms. The number of oxime groups is 1. The molecular weight excluding hydrogens is 424 g/mol. The van der Waals surface area contributed by atoms with Gasteiger partial charge in [-0.2, -0.15) is 0 Å². The Morgan fingerprint density at radius 3 is 2.52 bits per heavy atom. The van der Waals surface area contributed by atoms with Crippen LogP contribution in [0.5, 0.6) is 0 Å². The van der Waals surface area contributed by atoms with Crippen LogP contribution in [0.2, 0.25) is 0 Å². The molecule has 1 amide bonds. The van der Waals surface area contributed by atoms with Gasteiger partial charge in [-0.1, -0.05) is 10.3 Å². The number of esters is 1. The van der Waals surface area contributed by atoms with Gasteiger partial charge in [-0.15, -0.1) is 11.3 Å². The second-order valence-electron chi connectivity index (χ2n) is 8.56. The number of thiazole rings is 1. The summed E-state index contributed by atoms with van der Waals surface area (Å²) in [5.41, 5.74) is 6.49. The molecule has 0 bridgehead atoms. The zero-order chi connectivity index (χ0) is 23.4. The first-order chi connectivity index (χ1) is 14.3. The summed E-state index contributed by atoms with van der Waals surface area (Å²) in [5.74, 6) is -2.08. The van der Waals surface area contributed by atoms with Crippen LogP contribution in [0.1, 0.15) is 51.7 Å². The van der Waals surface area contributed by atoms with E-state index in [2.05, 4.69) is 25.5 Å². The number of carbonyl (C=O) groups excluding carboxylic acids is 3. The van der Waals surface area contributed by atoms with Crippen LogP contribution in [-0.4, -0.2) is 52.1 Å². The van der Waals surface area contributed by atoms with Crippen LogP contribution in [0, 0.1) is 12.8 Å². The van der Waals surface area contributed by atoms with Crippen molar-refractivity contribution >= 4 is 34.7 Å². The summed E-state index contributed by atoms with van der Waals surface area (Å²) in [4.78, 5) is 49.7. The van der Waals surface area contributed by atoms with E-state index in [-0.39, 0.29) is 24.6 Å². The third kappa shape index (κ3) is 6.50. The normalized spacial score (nSPS) is 19.0. The van der Waals surface area contributed by atoms with Crippen molar-refractivity contribution in [2.24, 2.45) is 16.2 Å². The van der Waals surface area contributed by atoms with E-state index in [0.29, 0.717) is 10.7 Å². The first-order valence-corrected chi connectivity index (χ1v) is 10.5. The molecule has 11 nitrogen and oxygen atoms in total. The van der Waals surface area contributed by atoms with Crippen molar-refractivity contribution in [1.29, 1.82) is 0 Å².